The van der Waals surface area contributed by atoms with Crippen molar-refractivity contribution in [3.63, 3.8) is 0 Å². The molecule has 0 saturated heterocycles. The molecule has 76 heavy (non-hydrogen) atoms. The zero-order valence-electron chi connectivity index (χ0n) is 58.7. The van der Waals surface area contributed by atoms with Gasteiger partial charge in [0, 0.05) is 51.3 Å². The van der Waals surface area contributed by atoms with Crippen LogP contribution in [0.1, 0.15) is 98.2 Å². The van der Waals surface area contributed by atoms with Gasteiger partial charge >= 0.3 is 0 Å². The Labute approximate surface area is 469 Å². The third-order valence-electron chi connectivity index (χ3n) is 14.4. The molecule has 0 saturated carbocycles. The standard InChI is InChI=1S/C71H64N4O/c1-69(2,3)54-40-51(41-55(43-54)70(4,5)6)60-31-21-30-59(49-24-14-10-15-25-49)68(60)74-47-73(64-32-18-19-33-65(64)74)56-28-20-29-57(45-56)76-58-35-36-61-62-42-50(48-22-12-9-13-23-48)34-37-63(62)75(66(61)46-58)67-44-53(38-39-72-67)71(7,8)52-26-16-11-17-27-52/h9-46H,47H2,1-8H3/i9D,10D,12D,13D,14D,15D,22D,23D,24D,25D,34D,35D,36D,37D,42D. The highest BCUT2D eigenvalue weighted by atomic mass is 16.5. The molecule has 374 valence electrons. The molecule has 1 aliphatic rings. The van der Waals surface area contributed by atoms with Gasteiger partial charge in [-0.05, 0) is 116 Å². The van der Waals surface area contributed by atoms with Gasteiger partial charge in [-0.1, -0.05) is 207 Å². The molecule has 0 bridgehead atoms. The maximum absolute atomic E-state index is 9.86. The molecular formula is C71H64N4O. The smallest absolute Gasteiger partial charge is 0.137 e. The Morgan fingerprint density at radius 1 is 0.461 bits per heavy atom. The Kier molecular flexibility index (Phi) is 8.47. The normalized spacial score (nSPS) is 15.7. The fourth-order valence-electron chi connectivity index (χ4n) is 10.2. The Bertz CT molecular complexity index is 4770. The molecule has 1 aliphatic heterocycles. The number of pyridine rings is 1. The largest absolute Gasteiger partial charge is 0.457 e. The van der Waals surface area contributed by atoms with Gasteiger partial charge in [0.1, 0.15) is 24.0 Å². The van der Waals surface area contributed by atoms with Crippen molar-refractivity contribution in [2.75, 3.05) is 16.5 Å². The molecule has 5 nitrogen and oxygen atoms in total. The van der Waals surface area contributed by atoms with Gasteiger partial charge in [0.05, 0.1) is 48.7 Å². The quantitative estimate of drug-likeness (QED) is 0.137. The van der Waals surface area contributed by atoms with E-state index in [0.29, 0.717) is 16.9 Å². The molecule has 0 unspecified atom stereocenters. The lowest BCUT2D eigenvalue weighted by Gasteiger charge is -2.29. The van der Waals surface area contributed by atoms with Crippen LogP contribution in [0.4, 0.5) is 22.7 Å². The van der Waals surface area contributed by atoms with Crippen LogP contribution in [0.5, 0.6) is 11.5 Å². The first kappa shape index (κ1) is 34.0. The van der Waals surface area contributed by atoms with Crippen LogP contribution < -0.4 is 14.5 Å². The van der Waals surface area contributed by atoms with E-state index >= 15 is 0 Å². The van der Waals surface area contributed by atoms with E-state index in [1.165, 1.54) is 6.07 Å². The number of aromatic nitrogens is 2. The topological polar surface area (TPSA) is 33.5 Å². The van der Waals surface area contributed by atoms with Crippen molar-refractivity contribution in [1.82, 2.24) is 9.55 Å². The molecule has 5 heteroatoms. The number of ether oxygens (including phenoxy) is 1. The summed E-state index contributed by atoms with van der Waals surface area (Å²) in [4.78, 5) is 8.99. The summed E-state index contributed by atoms with van der Waals surface area (Å²) in [5.41, 5.74) is 7.18. The van der Waals surface area contributed by atoms with Crippen LogP contribution in [0.25, 0.3) is 61.0 Å². The van der Waals surface area contributed by atoms with E-state index in [-0.39, 0.29) is 74.3 Å². The molecule has 0 aliphatic carbocycles. The number of benzene rings is 9. The summed E-state index contributed by atoms with van der Waals surface area (Å²) in [6.45, 7) is 17.3. The highest BCUT2D eigenvalue weighted by Crippen LogP contribution is 2.51. The summed E-state index contributed by atoms with van der Waals surface area (Å²) >= 11 is 0. The zero-order valence-corrected chi connectivity index (χ0v) is 43.7. The zero-order chi connectivity index (χ0) is 65.4. The monoisotopic (exact) mass is 1000 g/mol. The van der Waals surface area contributed by atoms with Gasteiger partial charge in [0.15, 0.2) is 0 Å². The maximum atomic E-state index is 9.86. The van der Waals surface area contributed by atoms with E-state index in [9.17, 15) is 9.60 Å². The number of rotatable bonds is 10. The highest BCUT2D eigenvalue weighted by molar-refractivity contribution is 6.11. The van der Waals surface area contributed by atoms with E-state index in [4.69, 9.17) is 20.7 Å². The van der Waals surface area contributed by atoms with Crippen molar-refractivity contribution < 1.29 is 25.3 Å². The summed E-state index contributed by atoms with van der Waals surface area (Å²) < 4.78 is 145. The van der Waals surface area contributed by atoms with Crippen molar-refractivity contribution in [2.45, 2.75) is 71.6 Å². The highest BCUT2D eigenvalue weighted by Gasteiger charge is 2.33. The van der Waals surface area contributed by atoms with Gasteiger partial charge in [0.2, 0.25) is 0 Å². The second-order valence-electron chi connectivity index (χ2n) is 21.8. The summed E-state index contributed by atoms with van der Waals surface area (Å²) in [6, 6.07) is 34.6. The second kappa shape index (κ2) is 18.9. The van der Waals surface area contributed by atoms with E-state index in [0.717, 1.165) is 44.8 Å². The predicted octanol–water partition coefficient (Wildman–Crippen LogP) is 19.1. The minimum atomic E-state index is -0.684. The molecule has 0 spiro atoms. The lowest BCUT2D eigenvalue weighted by Crippen LogP contribution is -2.25. The van der Waals surface area contributed by atoms with Crippen LogP contribution >= 0.6 is 0 Å². The Morgan fingerprint density at radius 3 is 1.80 bits per heavy atom. The number of anilines is 4. The SMILES string of the molecule is [2H]c1c([2H])c([2H])c(-c2cccc(-c3cc(C(C)(C)C)cc(C(C)(C)C)c3)c2N2CN(c3cccc(Oc4cc5c(c([2H])c4[2H])c4c([2H])c(-c6c([2H])c([2H])c([2H])c([2H])c6[2H])c([2H])c([2H])c4n5-c4cc(C(C)(C)c5ccccc5)ccn4)c3)c3ccccc32)c([2H])c1[2H]. The van der Waals surface area contributed by atoms with E-state index in [1.807, 2.05) is 84.9 Å². The van der Waals surface area contributed by atoms with Crippen molar-refractivity contribution in [1.29, 1.82) is 0 Å². The first-order valence-corrected chi connectivity index (χ1v) is 25.4. The van der Waals surface area contributed by atoms with Crippen LogP contribution in [0.15, 0.2) is 230 Å². The minimum Gasteiger partial charge on any atom is -0.457 e. The van der Waals surface area contributed by atoms with Gasteiger partial charge in [0.25, 0.3) is 0 Å². The van der Waals surface area contributed by atoms with Crippen molar-refractivity contribution >= 4 is 44.6 Å². The third-order valence-corrected chi connectivity index (χ3v) is 14.4. The first-order chi connectivity index (χ1) is 42.9. The molecule has 0 fully saturated rings. The Morgan fingerprint density at radius 2 is 1.11 bits per heavy atom. The van der Waals surface area contributed by atoms with E-state index < -0.39 is 95.1 Å². The van der Waals surface area contributed by atoms with Gasteiger partial charge in [-0.25, -0.2) is 4.98 Å². The number of hydrogen-bond donors (Lipinski definition) is 0. The lowest BCUT2D eigenvalue weighted by atomic mass is 9.78. The minimum absolute atomic E-state index is 0.0135. The molecule has 0 amide bonds. The average molecular weight is 1000 g/mol. The van der Waals surface area contributed by atoms with Gasteiger partial charge < -0.3 is 14.5 Å². The van der Waals surface area contributed by atoms with Gasteiger partial charge in [-0.3, -0.25) is 4.57 Å². The van der Waals surface area contributed by atoms with Crippen LogP contribution in [-0.2, 0) is 16.2 Å². The number of nitrogens with zero attached hydrogens (tertiary/aromatic N) is 4. The van der Waals surface area contributed by atoms with E-state index in [1.54, 1.807) is 35.0 Å². The number of hydrogen-bond acceptors (Lipinski definition) is 4. The van der Waals surface area contributed by atoms with Crippen LogP contribution in [0, 0.1) is 0 Å². The first-order valence-electron chi connectivity index (χ1n) is 32.9. The fraction of sp³-hybridized carbons (Fsp3) is 0.169. The third kappa shape index (κ3) is 8.90. The van der Waals surface area contributed by atoms with Crippen molar-refractivity contribution in [3.05, 3.63) is 253 Å². The summed E-state index contributed by atoms with van der Waals surface area (Å²) in [7, 11) is 0. The lowest BCUT2D eigenvalue weighted by molar-refractivity contribution is 0.483. The summed E-state index contributed by atoms with van der Waals surface area (Å²) in [5.74, 6) is 0.433. The Hall–Kier alpha value is -8.67. The van der Waals surface area contributed by atoms with Crippen LogP contribution in [0.2, 0.25) is 0 Å². The molecule has 2 aromatic heterocycles. The van der Waals surface area contributed by atoms with Gasteiger partial charge in [-0.15, -0.1) is 0 Å². The molecule has 0 atom stereocenters. The molecule has 9 aromatic carbocycles. The second-order valence-corrected chi connectivity index (χ2v) is 21.8. The average Bonchev–Trinajstić information content (AvgIpc) is 1.57. The van der Waals surface area contributed by atoms with E-state index in [2.05, 4.69) is 83.4 Å². The van der Waals surface area contributed by atoms with Crippen molar-refractivity contribution in [3.8, 4) is 50.7 Å². The molecule has 0 N–H and O–H groups in total. The Balaban J connectivity index is 1.03. The fourth-order valence-corrected chi connectivity index (χ4v) is 10.2. The predicted molar refractivity (Wildman–Crippen MR) is 319 cm³/mol. The van der Waals surface area contributed by atoms with Crippen molar-refractivity contribution in [2.24, 2.45) is 0 Å². The molecule has 3 heterocycles. The van der Waals surface area contributed by atoms with Crippen LogP contribution in [0.3, 0.4) is 0 Å². The summed E-state index contributed by atoms with van der Waals surface area (Å²) in [5, 5.41) is -0.0518. The number of para-hydroxylation sites is 3. The molecule has 0 radical (unpaired) electrons. The molecular weight excluding hydrogens is 925 g/mol. The number of fused-ring (bicyclic) bond motifs is 4. The molecule has 11 aromatic rings. The maximum Gasteiger partial charge on any atom is 0.137 e. The van der Waals surface area contributed by atoms with Gasteiger partial charge in [-0.2, -0.15) is 0 Å². The van der Waals surface area contributed by atoms with Crippen LogP contribution in [-0.4, -0.2) is 16.2 Å². The molecule has 12 rings (SSSR count). The summed E-state index contributed by atoms with van der Waals surface area (Å²) in [6.07, 6.45) is 1.62.